The molecule has 0 aromatic heterocycles. The Balaban J connectivity index is 1.76. The van der Waals surface area contributed by atoms with Crippen molar-refractivity contribution < 1.29 is 18.5 Å². The molecule has 0 unspecified atom stereocenters. The van der Waals surface area contributed by atoms with Gasteiger partial charge >= 0.3 is 5.69 Å². The molecule has 0 spiro atoms. The molecule has 1 fully saturated rings. The molecule has 28 heavy (non-hydrogen) atoms. The summed E-state index contributed by atoms with van der Waals surface area (Å²) in [6.45, 7) is 2.35. The van der Waals surface area contributed by atoms with Crippen molar-refractivity contribution in [3.05, 3.63) is 58.0 Å². The summed E-state index contributed by atoms with van der Waals surface area (Å²) in [5, 5.41) is 13.2. The van der Waals surface area contributed by atoms with Gasteiger partial charge in [0.2, 0.25) is 10.0 Å². The van der Waals surface area contributed by atoms with Crippen molar-refractivity contribution in [1.29, 1.82) is 0 Å². The van der Waals surface area contributed by atoms with Crippen LogP contribution in [-0.2, 0) is 16.6 Å². The first-order valence-corrected chi connectivity index (χ1v) is 11.0. The second-order valence-corrected chi connectivity index (χ2v) is 9.02. The number of benzene rings is 2. The van der Waals surface area contributed by atoms with Gasteiger partial charge in [0.05, 0.1) is 11.2 Å². The SMILES string of the molecule is CS(=O)(=O)N1CCN(c2ccc([N+](=O)O)c(NCc3ccc(Cl)cc3)c2)CC1. The van der Waals surface area contributed by atoms with Crippen molar-refractivity contribution in [3.8, 4) is 0 Å². The van der Waals surface area contributed by atoms with Crippen LogP contribution >= 0.6 is 11.6 Å². The van der Waals surface area contributed by atoms with E-state index < -0.39 is 10.0 Å². The number of sulfonamides is 1. The summed E-state index contributed by atoms with van der Waals surface area (Å²) in [5.41, 5.74) is 2.40. The van der Waals surface area contributed by atoms with Gasteiger partial charge in [0.1, 0.15) is 5.69 Å². The monoisotopic (exact) mass is 425 g/mol. The molecule has 0 amide bonds. The Morgan fingerprint density at radius 2 is 1.75 bits per heavy atom. The number of hydrogen-bond acceptors (Lipinski definition) is 5. The lowest BCUT2D eigenvalue weighted by Gasteiger charge is -2.34. The van der Waals surface area contributed by atoms with Crippen LogP contribution in [0.15, 0.2) is 42.5 Å². The highest BCUT2D eigenvalue weighted by molar-refractivity contribution is 7.88. The number of nitrogens with zero attached hydrogens (tertiary/aromatic N) is 3. The molecule has 10 heteroatoms. The van der Waals surface area contributed by atoms with Crippen LogP contribution in [0.1, 0.15) is 5.56 Å². The van der Waals surface area contributed by atoms with Gasteiger partial charge in [-0.05, 0) is 29.8 Å². The van der Waals surface area contributed by atoms with Gasteiger partial charge in [-0.15, -0.1) is 0 Å². The highest BCUT2D eigenvalue weighted by Crippen LogP contribution is 2.30. The Morgan fingerprint density at radius 1 is 1.11 bits per heavy atom. The summed E-state index contributed by atoms with van der Waals surface area (Å²) in [6, 6.07) is 12.4. The highest BCUT2D eigenvalue weighted by Gasteiger charge is 2.25. The molecule has 2 aromatic rings. The van der Waals surface area contributed by atoms with E-state index >= 15 is 0 Å². The third kappa shape index (κ3) is 4.92. The first-order chi connectivity index (χ1) is 13.2. The summed E-state index contributed by atoms with van der Waals surface area (Å²) in [5.74, 6) is 0. The van der Waals surface area contributed by atoms with Crippen molar-refractivity contribution in [3.63, 3.8) is 0 Å². The quantitative estimate of drug-likeness (QED) is 0.691. The summed E-state index contributed by atoms with van der Waals surface area (Å²) in [7, 11) is -3.20. The van der Waals surface area contributed by atoms with E-state index in [1.165, 1.54) is 16.6 Å². The Bertz CT molecular complexity index is 958. The third-order valence-corrected chi connectivity index (χ3v) is 6.21. The van der Waals surface area contributed by atoms with E-state index in [0.717, 1.165) is 11.3 Å². The van der Waals surface area contributed by atoms with Gasteiger partial charge in [0.25, 0.3) is 4.92 Å². The second kappa shape index (κ2) is 8.34. The smallest absolute Gasteiger partial charge is 0.339 e. The van der Waals surface area contributed by atoms with E-state index in [-0.39, 0.29) is 10.6 Å². The maximum Gasteiger partial charge on any atom is 0.339 e. The van der Waals surface area contributed by atoms with Crippen LogP contribution in [-0.4, -0.2) is 55.3 Å². The molecule has 0 bridgehead atoms. The van der Waals surface area contributed by atoms with Crippen molar-refractivity contribution >= 4 is 38.7 Å². The molecule has 1 aliphatic heterocycles. The Kier molecular flexibility index (Phi) is 6.07. The van der Waals surface area contributed by atoms with Crippen LogP contribution in [0, 0.1) is 4.91 Å². The van der Waals surface area contributed by atoms with Crippen LogP contribution in [0.5, 0.6) is 0 Å². The molecule has 1 saturated heterocycles. The molecule has 2 aromatic carbocycles. The van der Waals surface area contributed by atoms with E-state index in [0.29, 0.717) is 43.4 Å². The number of hydrogen-bond donors (Lipinski definition) is 2. The van der Waals surface area contributed by atoms with Gasteiger partial charge in [-0.3, -0.25) is 0 Å². The van der Waals surface area contributed by atoms with Crippen molar-refractivity contribution in [2.75, 3.05) is 42.7 Å². The summed E-state index contributed by atoms with van der Waals surface area (Å²) in [4.78, 5) is 13.4. The predicted molar refractivity (Wildman–Crippen MR) is 109 cm³/mol. The van der Waals surface area contributed by atoms with Crippen LogP contribution in [0.3, 0.4) is 0 Å². The molecule has 0 aliphatic carbocycles. The normalized spacial score (nSPS) is 15.4. The van der Waals surface area contributed by atoms with Crippen molar-refractivity contribution in [1.82, 2.24) is 4.31 Å². The Morgan fingerprint density at radius 3 is 2.32 bits per heavy atom. The van der Waals surface area contributed by atoms with E-state index in [1.807, 2.05) is 17.0 Å². The van der Waals surface area contributed by atoms with Gasteiger partial charge in [-0.1, -0.05) is 23.7 Å². The maximum atomic E-state index is 11.7. The first kappa shape index (κ1) is 20.4. The van der Waals surface area contributed by atoms with Gasteiger partial charge in [-0.25, -0.2) is 13.6 Å². The maximum absolute atomic E-state index is 11.7. The molecule has 1 aliphatic rings. The Hall–Kier alpha value is -2.36. The van der Waals surface area contributed by atoms with E-state index in [2.05, 4.69) is 5.32 Å². The van der Waals surface area contributed by atoms with Crippen LogP contribution in [0.2, 0.25) is 5.02 Å². The number of halogens is 1. The first-order valence-electron chi connectivity index (χ1n) is 8.72. The van der Waals surface area contributed by atoms with Gasteiger partial charge in [0.15, 0.2) is 0 Å². The summed E-state index contributed by atoms with van der Waals surface area (Å²) < 4.78 is 24.8. The minimum atomic E-state index is -3.20. The highest BCUT2D eigenvalue weighted by atomic mass is 35.5. The zero-order valence-corrected chi connectivity index (χ0v) is 16.9. The Labute approximate surface area is 168 Å². The van der Waals surface area contributed by atoms with Crippen LogP contribution in [0.25, 0.3) is 0 Å². The molecule has 1 heterocycles. The zero-order valence-electron chi connectivity index (χ0n) is 15.4. The summed E-state index contributed by atoms with van der Waals surface area (Å²) in [6.07, 6.45) is 1.21. The zero-order chi connectivity index (χ0) is 20.3. The van der Waals surface area contributed by atoms with E-state index in [9.17, 15) is 18.5 Å². The molecular formula is C18H22ClN4O4S+. The molecule has 3 rings (SSSR count). The van der Waals surface area contributed by atoms with Gasteiger partial charge in [-0.2, -0.15) is 4.31 Å². The predicted octanol–water partition coefficient (Wildman–Crippen LogP) is 2.83. The fourth-order valence-corrected chi connectivity index (χ4v) is 4.06. The van der Waals surface area contributed by atoms with Crippen LogP contribution in [0.4, 0.5) is 17.1 Å². The molecule has 150 valence electrons. The van der Waals surface area contributed by atoms with Crippen molar-refractivity contribution in [2.45, 2.75) is 6.54 Å². The van der Waals surface area contributed by atoms with Crippen molar-refractivity contribution in [2.24, 2.45) is 0 Å². The van der Waals surface area contributed by atoms with Gasteiger partial charge < -0.3 is 10.2 Å². The molecule has 0 saturated carbocycles. The molecule has 2 N–H and O–H groups in total. The topological polar surface area (TPSA) is 93.0 Å². The lowest BCUT2D eigenvalue weighted by molar-refractivity contribution is -0.729. The fraction of sp³-hybridized carbons (Fsp3) is 0.333. The lowest BCUT2D eigenvalue weighted by atomic mass is 10.2. The second-order valence-electron chi connectivity index (χ2n) is 6.60. The molecule has 0 atom stereocenters. The number of anilines is 2. The van der Waals surface area contributed by atoms with E-state index in [4.69, 9.17) is 11.6 Å². The largest absolute Gasteiger partial charge is 0.375 e. The third-order valence-electron chi connectivity index (χ3n) is 4.66. The standard InChI is InChI=1S/C18H22ClN4O4S/c1-28(26,27)22-10-8-21(9-11-22)16-6-7-18(23(24)25)17(12-16)20-13-14-2-4-15(19)5-3-14/h2-7,12,20H,8-11,13H2,1H3,(H,24,25)/q+1. The number of piperazine rings is 1. The molecule has 8 nitrogen and oxygen atoms in total. The van der Waals surface area contributed by atoms with E-state index in [1.54, 1.807) is 24.3 Å². The lowest BCUT2D eigenvalue weighted by Crippen LogP contribution is -2.48. The van der Waals surface area contributed by atoms with Crippen LogP contribution < -0.4 is 10.2 Å². The molecule has 0 radical (unpaired) electrons. The minimum Gasteiger partial charge on any atom is -0.375 e. The fourth-order valence-electron chi connectivity index (χ4n) is 3.11. The average Bonchev–Trinajstić information content (AvgIpc) is 2.66. The average molecular weight is 426 g/mol. The molecular weight excluding hydrogens is 404 g/mol. The summed E-state index contributed by atoms with van der Waals surface area (Å²) >= 11 is 5.89. The number of nitrogens with one attached hydrogen (secondary N) is 1. The van der Waals surface area contributed by atoms with Gasteiger partial charge in [0, 0.05) is 49.5 Å². The minimum absolute atomic E-state index is 0.104. The number of rotatable bonds is 6.